The zero-order chi connectivity index (χ0) is 18.5. The van der Waals surface area contributed by atoms with Crippen molar-refractivity contribution in [1.29, 1.82) is 0 Å². The van der Waals surface area contributed by atoms with Gasteiger partial charge in [0.15, 0.2) is 0 Å². The maximum absolute atomic E-state index is 11.7. The van der Waals surface area contributed by atoms with Gasteiger partial charge in [-0.15, -0.1) is 0 Å². The second kappa shape index (κ2) is 11.9. The molecule has 0 radical (unpaired) electrons. The Labute approximate surface area is 156 Å². The lowest BCUT2D eigenvalue weighted by molar-refractivity contribution is -0.121. The van der Waals surface area contributed by atoms with Crippen LogP contribution in [0.5, 0.6) is 5.75 Å². The van der Waals surface area contributed by atoms with Crippen molar-refractivity contribution >= 4 is 12.1 Å². The standard InChI is InChI=1S/C22H28N2O2/c1-2-3-4-5-9-12-22(25)24-23-17-19-13-15-21(16-14-19)26-18-20-10-7-6-8-11-20/h6-8,10-11,13-17H,2-5,9,12,18H2,1H3,(H,24,25). The van der Waals surface area contributed by atoms with Gasteiger partial charge in [0, 0.05) is 6.42 Å². The zero-order valence-corrected chi connectivity index (χ0v) is 15.5. The molecule has 4 nitrogen and oxygen atoms in total. The molecule has 0 aliphatic carbocycles. The molecule has 0 aromatic heterocycles. The van der Waals surface area contributed by atoms with E-state index in [1.54, 1.807) is 6.21 Å². The molecule has 0 spiro atoms. The predicted molar refractivity (Wildman–Crippen MR) is 106 cm³/mol. The maximum Gasteiger partial charge on any atom is 0.240 e. The van der Waals surface area contributed by atoms with Crippen LogP contribution in [0, 0.1) is 0 Å². The molecule has 0 fully saturated rings. The molecule has 0 aliphatic rings. The van der Waals surface area contributed by atoms with Crippen LogP contribution in [0.15, 0.2) is 59.7 Å². The summed E-state index contributed by atoms with van der Waals surface area (Å²) in [6.45, 7) is 2.73. The molecule has 0 saturated heterocycles. The number of hydrogen-bond donors (Lipinski definition) is 1. The second-order valence-electron chi connectivity index (χ2n) is 6.30. The number of benzene rings is 2. The molecule has 138 valence electrons. The predicted octanol–water partition coefficient (Wildman–Crippen LogP) is 5.08. The molecule has 1 amide bonds. The number of ether oxygens (including phenoxy) is 1. The number of rotatable bonds is 11. The fourth-order valence-electron chi connectivity index (χ4n) is 2.51. The minimum Gasteiger partial charge on any atom is -0.489 e. The van der Waals surface area contributed by atoms with Crippen molar-refractivity contribution in [3.8, 4) is 5.75 Å². The molecule has 0 bridgehead atoms. The zero-order valence-electron chi connectivity index (χ0n) is 15.5. The van der Waals surface area contributed by atoms with E-state index in [-0.39, 0.29) is 5.91 Å². The monoisotopic (exact) mass is 352 g/mol. The fourth-order valence-corrected chi connectivity index (χ4v) is 2.51. The van der Waals surface area contributed by atoms with Crippen molar-refractivity contribution in [3.63, 3.8) is 0 Å². The van der Waals surface area contributed by atoms with E-state index < -0.39 is 0 Å². The molecular formula is C22H28N2O2. The first-order chi connectivity index (χ1) is 12.8. The van der Waals surface area contributed by atoms with Crippen LogP contribution in [0.25, 0.3) is 0 Å². The summed E-state index contributed by atoms with van der Waals surface area (Å²) in [6, 6.07) is 17.7. The number of nitrogens with one attached hydrogen (secondary N) is 1. The smallest absolute Gasteiger partial charge is 0.240 e. The molecule has 2 aromatic carbocycles. The van der Waals surface area contributed by atoms with Crippen molar-refractivity contribution in [2.24, 2.45) is 5.10 Å². The molecule has 26 heavy (non-hydrogen) atoms. The van der Waals surface area contributed by atoms with Gasteiger partial charge in [-0.2, -0.15) is 5.10 Å². The van der Waals surface area contributed by atoms with Crippen LogP contribution in [0.2, 0.25) is 0 Å². The van der Waals surface area contributed by atoms with Gasteiger partial charge in [-0.25, -0.2) is 5.43 Å². The molecule has 0 atom stereocenters. The fraction of sp³-hybridized carbons (Fsp3) is 0.364. The van der Waals surface area contributed by atoms with Crippen molar-refractivity contribution < 1.29 is 9.53 Å². The van der Waals surface area contributed by atoms with E-state index in [4.69, 9.17) is 4.74 Å². The van der Waals surface area contributed by atoms with E-state index in [2.05, 4.69) is 17.5 Å². The Hall–Kier alpha value is -2.62. The van der Waals surface area contributed by atoms with Crippen molar-refractivity contribution in [3.05, 3.63) is 65.7 Å². The third kappa shape index (κ3) is 7.97. The molecule has 0 aliphatic heterocycles. The number of carbonyl (C=O) groups excluding carboxylic acids is 1. The van der Waals surface area contributed by atoms with Crippen LogP contribution < -0.4 is 10.2 Å². The first-order valence-electron chi connectivity index (χ1n) is 9.36. The van der Waals surface area contributed by atoms with Crippen molar-refractivity contribution in [2.45, 2.75) is 52.1 Å². The minimum atomic E-state index is -0.0273. The van der Waals surface area contributed by atoms with Crippen LogP contribution in [-0.2, 0) is 11.4 Å². The summed E-state index contributed by atoms with van der Waals surface area (Å²) in [7, 11) is 0. The third-order valence-electron chi connectivity index (χ3n) is 4.04. The topological polar surface area (TPSA) is 50.7 Å². The summed E-state index contributed by atoms with van der Waals surface area (Å²) in [4.78, 5) is 11.7. The number of carbonyl (C=O) groups is 1. The normalized spacial score (nSPS) is 10.8. The lowest BCUT2D eigenvalue weighted by Crippen LogP contribution is -2.16. The highest BCUT2D eigenvalue weighted by Gasteiger charge is 1.99. The highest BCUT2D eigenvalue weighted by atomic mass is 16.5. The summed E-state index contributed by atoms with van der Waals surface area (Å²) in [5.41, 5.74) is 4.63. The minimum absolute atomic E-state index is 0.0273. The average Bonchev–Trinajstić information content (AvgIpc) is 2.68. The highest BCUT2D eigenvalue weighted by molar-refractivity contribution is 5.82. The Morgan fingerprint density at radius 2 is 1.73 bits per heavy atom. The Morgan fingerprint density at radius 1 is 1.00 bits per heavy atom. The molecule has 2 aromatic rings. The van der Waals surface area contributed by atoms with Crippen LogP contribution in [0.1, 0.15) is 56.6 Å². The van der Waals surface area contributed by atoms with Gasteiger partial charge in [0.2, 0.25) is 5.91 Å². The van der Waals surface area contributed by atoms with Gasteiger partial charge >= 0.3 is 0 Å². The van der Waals surface area contributed by atoms with Gasteiger partial charge in [-0.3, -0.25) is 4.79 Å². The lowest BCUT2D eigenvalue weighted by Gasteiger charge is -2.06. The van der Waals surface area contributed by atoms with Crippen LogP contribution >= 0.6 is 0 Å². The quantitative estimate of drug-likeness (QED) is 0.348. The SMILES string of the molecule is CCCCCCCC(=O)NN=Cc1ccc(OCc2ccccc2)cc1. The van der Waals surface area contributed by atoms with Gasteiger partial charge < -0.3 is 4.74 Å². The molecular weight excluding hydrogens is 324 g/mol. The molecule has 0 saturated carbocycles. The summed E-state index contributed by atoms with van der Waals surface area (Å²) < 4.78 is 5.75. The number of amides is 1. The highest BCUT2D eigenvalue weighted by Crippen LogP contribution is 2.13. The van der Waals surface area contributed by atoms with Crippen LogP contribution in [0.3, 0.4) is 0 Å². The lowest BCUT2D eigenvalue weighted by atomic mass is 10.1. The van der Waals surface area contributed by atoms with Gasteiger partial charge in [0.05, 0.1) is 6.21 Å². The maximum atomic E-state index is 11.7. The molecule has 4 heteroatoms. The average molecular weight is 352 g/mol. The van der Waals surface area contributed by atoms with Gasteiger partial charge in [0.1, 0.15) is 12.4 Å². The largest absolute Gasteiger partial charge is 0.489 e. The summed E-state index contributed by atoms with van der Waals surface area (Å²) in [5, 5.41) is 4.01. The summed E-state index contributed by atoms with van der Waals surface area (Å²) in [5.74, 6) is 0.780. The van der Waals surface area contributed by atoms with E-state index in [0.29, 0.717) is 13.0 Å². The van der Waals surface area contributed by atoms with E-state index in [1.165, 1.54) is 19.3 Å². The third-order valence-corrected chi connectivity index (χ3v) is 4.04. The van der Waals surface area contributed by atoms with E-state index in [9.17, 15) is 4.79 Å². The first-order valence-corrected chi connectivity index (χ1v) is 9.36. The van der Waals surface area contributed by atoms with Crippen molar-refractivity contribution in [2.75, 3.05) is 0 Å². The first kappa shape index (κ1) is 19.7. The Bertz CT molecular complexity index is 666. The van der Waals surface area contributed by atoms with E-state index in [1.807, 2.05) is 54.6 Å². The Morgan fingerprint density at radius 3 is 2.46 bits per heavy atom. The second-order valence-corrected chi connectivity index (χ2v) is 6.30. The number of hydrazone groups is 1. The number of unbranched alkanes of at least 4 members (excludes halogenated alkanes) is 4. The van der Waals surface area contributed by atoms with Crippen LogP contribution in [0.4, 0.5) is 0 Å². The van der Waals surface area contributed by atoms with Gasteiger partial charge in [-0.1, -0.05) is 62.9 Å². The number of nitrogens with zero attached hydrogens (tertiary/aromatic N) is 1. The molecule has 0 unspecified atom stereocenters. The Kier molecular flexibility index (Phi) is 8.98. The summed E-state index contributed by atoms with van der Waals surface area (Å²) in [6.07, 6.45) is 7.87. The summed E-state index contributed by atoms with van der Waals surface area (Å²) >= 11 is 0. The van der Waals surface area contributed by atoms with E-state index >= 15 is 0 Å². The van der Waals surface area contributed by atoms with Crippen molar-refractivity contribution in [1.82, 2.24) is 5.43 Å². The number of hydrogen-bond acceptors (Lipinski definition) is 3. The van der Waals surface area contributed by atoms with Gasteiger partial charge in [0.25, 0.3) is 0 Å². The van der Waals surface area contributed by atoms with E-state index in [0.717, 1.165) is 29.7 Å². The van der Waals surface area contributed by atoms with Gasteiger partial charge in [-0.05, 0) is 41.8 Å². The Balaban J connectivity index is 1.67. The molecule has 1 N–H and O–H groups in total. The molecule has 2 rings (SSSR count). The molecule has 0 heterocycles. The van der Waals surface area contributed by atoms with Crippen LogP contribution in [-0.4, -0.2) is 12.1 Å².